The molecule has 2 rings (SSSR count). The molecule has 0 fully saturated rings. The largest absolute Gasteiger partial charge is 0.416 e. The molecular weight excluding hydrogens is 257 g/mol. The number of aryl methyl sites for hydroxylation is 2. The molecule has 0 amide bonds. The zero-order chi connectivity index (χ0) is 14.8. The molecule has 0 atom stereocenters. The van der Waals surface area contributed by atoms with Crippen molar-refractivity contribution >= 4 is 10.9 Å². The fraction of sp³-hybridized carbons (Fsp3) is 0.385. The van der Waals surface area contributed by atoms with Gasteiger partial charge < -0.3 is 4.98 Å². The topological polar surface area (TPSA) is 45.8 Å². The third-order valence-corrected chi connectivity index (χ3v) is 2.48. The number of benzene rings is 1. The summed E-state index contributed by atoms with van der Waals surface area (Å²) in [6.45, 7) is 6.84. The lowest BCUT2D eigenvalue weighted by atomic mass is 10.1. The highest BCUT2D eigenvalue weighted by Gasteiger charge is 2.32. The number of H-pyrrole nitrogens is 1. The summed E-state index contributed by atoms with van der Waals surface area (Å²) in [5.41, 5.74) is -1.11. The molecule has 0 saturated heterocycles. The van der Waals surface area contributed by atoms with Crippen LogP contribution in [0.2, 0.25) is 0 Å². The summed E-state index contributed by atoms with van der Waals surface area (Å²) in [4.78, 5) is 17.9. The Hall–Kier alpha value is -1.85. The van der Waals surface area contributed by atoms with E-state index in [-0.39, 0.29) is 16.5 Å². The van der Waals surface area contributed by atoms with E-state index in [9.17, 15) is 18.0 Å². The van der Waals surface area contributed by atoms with Crippen molar-refractivity contribution in [1.29, 1.82) is 0 Å². The molecule has 3 nitrogen and oxygen atoms in total. The van der Waals surface area contributed by atoms with Gasteiger partial charge in [-0.1, -0.05) is 13.8 Å². The van der Waals surface area contributed by atoms with Crippen LogP contribution in [-0.4, -0.2) is 9.97 Å². The van der Waals surface area contributed by atoms with Gasteiger partial charge in [0.15, 0.2) is 0 Å². The first-order valence-corrected chi connectivity index (χ1v) is 5.87. The maximum Gasteiger partial charge on any atom is 0.416 e. The molecule has 19 heavy (non-hydrogen) atoms. The van der Waals surface area contributed by atoms with Crippen LogP contribution >= 0.6 is 0 Å². The second-order valence-corrected chi connectivity index (χ2v) is 3.83. The predicted molar refractivity (Wildman–Crippen MR) is 68.2 cm³/mol. The molecule has 1 aromatic heterocycles. The molecular formula is C13H15F3N2O. The molecule has 6 heteroatoms. The monoisotopic (exact) mass is 272 g/mol. The molecule has 1 N–H and O–H groups in total. The zero-order valence-corrected chi connectivity index (χ0v) is 11.1. The molecule has 1 heterocycles. The number of hydrogen-bond donors (Lipinski definition) is 1. The number of rotatable bonds is 0. The number of alkyl halides is 3. The van der Waals surface area contributed by atoms with Gasteiger partial charge in [-0.05, 0) is 31.5 Å². The number of nitrogens with one attached hydrogen (secondary N) is 1. The maximum absolute atomic E-state index is 12.7. The zero-order valence-electron chi connectivity index (χ0n) is 11.1. The fourth-order valence-electron chi connectivity index (χ4n) is 1.72. The summed E-state index contributed by atoms with van der Waals surface area (Å²) in [6, 6.07) is 2.12. The van der Waals surface area contributed by atoms with Crippen LogP contribution in [0.1, 0.15) is 30.8 Å². The summed E-state index contributed by atoms with van der Waals surface area (Å²) < 4.78 is 38.0. The third kappa shape index (κ3) is 3.13. The predicted octanol–water partition coefficient (Wildman–Crippen LogP) is 3.58. The quantitative estimate of drug-likeness (QED) is 0.796. The van der Waals surface area contributed by atoms with Gasteiger partial charge in [-0.3, -0.25) is 4.79 Å². The summed E-state index contributed by atoms with van der Waals surface area (Å²) in [6.07, 6.45) is -4.43. The molecule has 0 aliphatic heterocycles. The molecule has 0 saturated carbocycles. The van der Waals surface area contributed by atoms with Gasteiger partial charge >= 0.3 is 6.18 Å². The molecule has 0 aliphatic rings. The van der Waals surface area contributed by atoms with Crippen molar-refractivity contribution < 1.29 is 13.2 Å². The van der Waals surface area contributed by atoms with E-state index >= 15 is 0 Å². The highest BCUT2D eigenvalue weighted by molar-refractivity contribution is 5.79. The number of aromatic amines is 1. The normalized spacial score (nSPS) is 11.1. The Morgan fingerprint density at radius 3 is 2.26 bits per heavy atom. The molecule has 0 radical (unpaired) electrons. The van der Waals surface area contributed by atoms with Crippen LogP contribution in [0.15, 0.2) is 16.9 Å². The standard InChI is InChI=1S/C11H9F3N2O.C2H6/c1-5-3-7-9(4-8(5)11(12,13)14)15-6(2)16-10(7)17;1-2/h3-4H,1-2H3,(H,15,16,17);1-2H3. The Kier molecular flexibility index (Phi) is 4.34. The molecule has 0 aliphatic carbocycles. The van der Waals surface area contributed by atoms with Crippen molar-refractivity contribution in [2.75, 3.05) is 0 Å². The Morgan fingerprint density at radius 1 is 1.16 bits per heavy atom. The third-order valence-electron chi connectivity index (χ3n) is 2.48. The van der Waals surface area contributed by atoms with E-state index in [1.807, 2.05) is 13.8 Å². The Balaban J connectivity index is 0.000000861. The molecule has 104 valence electrons. The van der Waals surface area contributed by atoms with E-state index in [0.717, 1.165) is 6.07 Å². The van der Waals surface area contributed by atoms with Gasteiger partial charge in [0, 0.05) is 0 Å². The van der Waals surface area contributed by atoms with Gasteiger partial charge in [0.25, 0.3) is 5.56 Å². The van der Waals surface area contributed by atoms with Crippen LogP contribution in [-0.2, 0) is 6.18 Å². The number of fused-ring (bicyclic) bond motifs is 1. The van der Waals surface area contributed by atoms with Gasteiger partial charge in [0.05, 0.1) is 16.5 Å². The van der Waals surface area contributed by atoms with E-state index in [1.165, 1.54) is 19.9 Å². The molecule has 0 bridgehead atoms. The van der Waals surface area contributed by atoms with Crippen LogP contribution in [0.25, 0.3) is 10.9 Å². The van der Waals surface area contributed by atoms with Crippen molar-refractivity contribution in [3.8, 4) is 0 Å². The average Bonchev–Trinajstić information content (AvgIpc) is 2.31. The van der Waals surface area contributed by atoms with E-state index in [1.54, 1.807) is 0 Å². The first kappa shape index (κ1) is 15.2. The van der Waals surface area contributed by atoms with Crippen LogP contribution in [0.3, 0.4) is 0 Å². The maximum atomic E-state index is 12.7. The van der Waals surface area contributed by atoms with E-state index in [2.05, 4.69) is 9.97 Å². The number of aromatic nitrogens is 2. The smallest absolute Gasteiger partial charge is 0.310 e. The van der Waals surface area contributed by atoms with Crippen molar-refractivity contribution in [1.82, 2.24) is 9.97 Å². The lowest BCUT2D eigenvalue weighted by molar-refractivity contribution is -0.137. The summed E-state index contributed by atoms with van der Waals surface area (Å²) >= 11 is 0. The first-order valence-electron chi connectivity index (χ1n) is 5.87. The Morgan fingerprint density at radius 2 is 1.74 bits per heavy atom. The van der Waals surface area contributed by atoms with Crippen LogP contribution in [0.4, 0.5) is 13.2 Å². The van der Waals surface area contributed by atoms with Gasteiger partial charge in [0.1, 0.15) is 5.82 Å². The highest BCUT2D eigenvalue weighted by atomic mass is 19.4. The van der Waals surface area contributed by atoms with Gasteiger partial charge in [-0.15, -0.1) is 0 Å². The second kappa shape index (κ2) is 5.42. The fourth-order valence-corrected chi connectivity index (χ4v) is 1.72. The van der Waals surface area contributed by atoms with Crippen LogP contribution in [0, 0.1) is 13.8 Å². The number of hydrogen-bond acceptors (Lipinski definition) is 2. The lowest BCUT2D eigenvalue weighted by Crippen LogP contribution is -2.13. The van der Waals surface area contributed by atoms with Crippen LogP contribution < -0.4 is 5.56 Å². The van der Waals surface area contributed by atoms with Crippen molar-refractivity contribution in [2.24, 2.45) is 0 Å². The minimum absolute atomic E-state index is 0.0150. The number of halogens is 3. The summed E-state index contributed by atoms with van der Waals surface area (Å²) in [7, 11) is 0. The first-order chi connectivity index (χ1) is 8.79. The van der Waals surface area contributed by atoms with Gasteiger partial charge in [-0.25, -0.2) is 4.98 Å². The molecule has 0 spiro atoms. The van der Waals surface area contributed by atoms with E-state index in [4.69, 9.17) is 0 Å². The van der Waals surface area contributed by atoms with Crippen molar-refractivity contribution in [2.45, 2.75) is 33.9 Å². The highest BCUT2D eigenvalue weighted by Crippen LogP contribution is 2.33. The number of nitrogens with zero attached hydrogens (tertiary/aromatic N) is 1. The van der Waals surface area contributed by atoms with Crippen molar-refractivity contribution in [3.05, 3.63) is 39.4 Å². The minimum atomic E-state index is -4.43. The summed E-state index contributed by atoms with van der Waals surface area (Å²) in [5.74, 6) is 0.291. The second-order valence-electron chi connectivity index (χ2n) is 3.83. The van der Waals surface area contributed by atoms with E-state index in [0.29, 0.717) is 5.82 Å². The van der Waals surface area contributed by atoms with Crippen LogP contribution in [0.5, 0.6) is 0 Å². The molecule has 2 aromatic rings. The van der Waals surface area contributed by atoms with Gasteiger partial charge in [0.2, 0.25) is 0 Å². The van der Waals surface area contributed by atoms with Gasteiger partial charge in [-0.2, -0.15) is 13.2 Å². The lowest BCUT2D eigenvalue weighted by Gasteiger charge is -2.11. The SMILES string of the molecule is CC.Cc1nc2cc(C(F)(F)F)c(C)cc2c(=O)[nH]1. The molecule has 1 aromatic carbocycles. The van der Waals surface area contributed by atoms with Crippen molar-refractivity contribution in [3.63, 3.8) is 0 Å². The van der Waals surface area contributed by atoms with E-state index < -0.39 is 17.3 Å². The Bertz CT molecular complexity index is 645. The minimum Gasteiger partial charge on any atom is -0.310 e. The summed E-state index contributed by atoms with van der Waals surface area (Å²) in [5, 5.41) is 0.168. The Labute approximate surface area is 108 Å². The molecule has 0 unspecified atom stereocenters. The average molecular weight is 272 g/mol.